The second kappa shape index (κ2) is 7.51. The Morgan fingerprint density at radius 1 is 0.667 bits per heavy atom. The second-order valence-corrected chi connectivity index (χ2v) is 8.64. The van der Waals surface area contributed by atoms with E-state index in [2.05, 4.69) is 36.4 Å². The molecule has 0 aliphatic carbocycles. The van der Waals surface area contributed by atoms with Crippen LogP contribution in [0.15, 0.2) is 77.2 Å². The summed E-state index contributed by atoms with van der Waals surface area (Å²) >= 11 is 0. The molecule has 164 valence electrons. The third-order valence-electron chi connectivity index (χ3n) is 6.29. The van der Waals surface area contributed by atoms with Gasteiger partial charge in [0, 0.05) is 10.8 Å². The summed E-state index contributed by atoms with van der Waals surface area (Å²) in [5.74, 6) is 2.45. The molecule has 5 nitrogen and oxygen atoms in total. The molecular formula is C28H22O5. The van der Waals surface area contributed by atoms with Crippen LogP contribution in [-0.2, 0) is 9.47 Å². The molecule has 2 aliphatic rings. The number of fused-ring (bicyclic) bond motifs is 6. The maximum atomic E-state index is 6.50. The van der Waals surface area contributed by atoms with E-state index in [1.165, 1.54) is 0 Å². The third kappa shape index (κ3) is 3.50. The second-order valence-electron chi connectivity index (χ2n) is 8.64. The molecule has 0 N–H and O–H groups in total. The highest BCUT2D eigenvalue weighted by molar-refractivity contribution is 6.24. The van der Waals surface area contributed by atoms with Crippen LogP contribution in [0.2, 0.25) is 0 Å². The van der Waals surface area contributed by atoms with Crippen LogP contribution in [0.1, 0.15) is 0 Å². The molecule has 2 saturated heterocycles. The number of ether oxygens (including phenoxy) is 4. The molecule has 2 atom stereocenters. The largest absolute Gasteiger partial charge is 0.491 e. The number of hydrogen-bond donors (Lipinski definition) is 0. The minimum absolute atomic E-state index is 0.199. The molecule has 1 aromatic heterocycles. The van der Waals surface area contributed by atoms with Crippen LogP contribution in [0.4, 0.5) is 0 Å². The van der Waals surface area contributed by atoms with Crippen molar-refractivity contribution in [2.45, 2.75) is 12.2 Å². The highest BCUT2D eigenvalue weighted by atomic mass is 16.6. The van der Waals surface area contributed by atoms with Gasteiger partial charge in [-0.2, -0.15) is 0 Å². The third-order valence-corrected chi connectivity index (χ3v) is 6.29. The van der Waals surface area contributed by atoms with E-state index in [9.17, 15) is 0 Å². The zero-order valence-corrected chi connectivity index (χ0v) is 18.0. The van der Waals surface area contributed by atoms with Crippen molar-refractivity contribution >= 4 is 32.5 Å². The lowest BCUT2D eigenvalue weighted by atomic mass is 9.98. The Morgan fingerprint density at radius 3 is 2.18 bits per heavy atom. The van der Waals surface area contributed by atoms with Gasteiger partial charge in [0.05, 0.1) is 18.8 Å². The Kier molecular flexibility index (Phi) is 4.32. The first-order valence-electron chi connectivity index (χ1n) is 11.3. The molecule has 7 rings (SSSR count). The van der Waals surface area contributed by atoms with Crippen molar-refractivity contribution in [3.05, 3.63) is 72.8 Å². The van der Waals surface area contributed by atoms with Crippen molar-refractivity contribution in [1.29, 1.82) is 0 Å². The lowest BCUT2D eigenvalue weighted by molar-refractivity contribution is 0.263. The number of furan rings is 1. The number of rotatable bonds is 7. The van der Waals surface area contributed by atoms with Crippen molar-refractivity contribution in [2.24, 2.45) is 0 Å². The predicted octanol–water partition coefficient (Wildman–Crippen LogP) is 5.96. The number of epoxide rings is 2. The summed E-state index contributed by atoms with van der Waals surface area (Å²) in [5, 5.41) is 5.59. The van der Waals surface area contributed by atoms with E-state index in [1.807, 2.05) is 36.4 Å². The Labute approximate surface area is 190 Å². The van der Waals surface area contributed by atoms with Crippen LogP contribution in [0.25, 0.3) is 43.8 Å². The van der Waals surface area contributed by atoms with Gasteiger partial charge in [0.15, 0.2) is 0 Å². The fourth-order valence-corrected chi connectivity index (χ4v) is 4.41. The van der Waals surface area contributed by atoms with Crippen LogP contribution in [0, 0.1) is 0 Å². The van der Waals surface area contributed by atoms with Gasteiger partial charge < -0.3 is 23.4 Å². The molecule has 0 radical (unpaired) electrons. The molecule has 5 heteroatoms. The normalized spacial score (nSPS) is 19.3. The Morgan fingerprint density at radius 2 is 1.36 bits per heavy atom. The Balaban J connectivity index is 1.39. The van der Waals surface area contributed by atoms with Crippen molar-refractivity contribution in [3.63, 3.8) is 0 Å². The van der Waals surface area contributed by atoms with Gasteiger partial charge in [0.2, 0.25) is 0 Å². The van der Waals surface area contributed by atoms with E-state index in [4.69, 9.17) is 23.4 Å². The molecule has 3 heterocycles. The molecule has 0 amide bonds. The zero-order chi connectivity index (χ0) is 21.8. The molecule has 0 bridgehead atoms. The van der Waals surface area contributed by atoms with Gasteiger partial charge in [-0.3, -0.25) is 0 Å². The van der Waals surface area contributed by atoms with Gasteiger partial charge >= 0.3 is 0 Å². The van der Waals surface area contributed by atoms with E-state index in [0.29, 0.717) is 13.2 Å². The number of benzene rings is 4. The molecule has 5 aromatic rings. The van der Waals surface area contributed by atoms with Crippen molar-refractivity contribution in [2.75, 3.05) is 26.4 Å². The van der Waals surface area contributed by atoms with E-state index in [1.54, 1.807) is 0 Å². The highest BCUT2D eigenvalue weighted by Gasteiger charge is 2.25. The van der Waals surface area contributed by atoms with Crippen molar-refractivity contribution < 1.29 is 23.4 Å². The lowest BCUT2D eigenvalue weighted by Gasteiger charge is -2.09. The fourth-order valence-electron chi connectivity index (χ4n) is 4.41. The van der Waals surface area contributed by atoms with Gasteiger partial charge in [-0.1, -0.05) is 36.4 Å². The van der Waals surface area contributed by atoms with Crippen LogP contribution in [-0.4, -0.2) is 38.6 Å². The quantitative estimate of drug-likeness (QED) is 0.232. The summed E-state index contributed by atoms with van der Waals surface area (Å²) < 4.78 is 29.1. The van der Waals surface area contributed by atoms with Gasteiger partial charge in [0.25, 0.3) is 0 Å². The average molecular weight is 438 g/mol. The number of hydrogen-bond acceptors (Lipinski definition) is 5. The summed E-state index contributed by atoms with van der Waals surface area (Å²) in [7, 11) is 0. The van der Waals surface area contributed by atoms with E-state index in [0.717, 1.165) is 68.6 Å². The van der Waals surface area contributed by atoms with E-state index >= 15 is 0 Å². The topological polar surface area (TPSA) is 56.7 Å². The molecule has 0 saturated carbocycles. The first-order valence-corrected chi connectivity index (χ1v) is 11.3. The van der Waals surface area contributed by atoms with Crippen LogP contribution < -0.4 is 9.47 Å². The van der Waals surface area contributed by atoms with E-state index in [-0.39, 0.29) is 12.2 Å². The summed E-state index contributed by atoms with van der Waals surface area (Å²) in [4.78, 5) is 0. The minimum atomic E-state index is 0.199. The molecule has 0 spiro atoms. The van der Waals surface area contributed by atoms with Crippen LogP contribution in [0.5, 0.6) is 11.5 Å². The fraction of sp³-hybridized carbons (Fsp3) is 0.214. The summed E-state index contributed by atoms with van der Waals surface area (Å²) in [5.41, 5.74) is 1.82. The lowest BCUT2D eigenvalue weighted by Crippen LogP contribution is -2.04. The Hall–Kier alpha value is -3.54. The molecule has 2 aliphatic heterocycles. The summed E-state index contributed by atoms with van der Waals surface area (Å²) in [6.45, 7) is 2.69. The maximum Gasteiger partial charge on any atom is 0.143 e. The first kappa shape index (κ1) is 19.0. The summed E-state index contributed by atoms with van der Waals surface area (Å²) in [6.07, 6.45) is 0.426. The van der Waals surface area contributed by atoms with Gasteiger partial charge in [-0.05, 0) is 52.6 Å². The minimum Gasteiger partial charge on any atom is -0.491 e. The highest BCUT2D eigenvalue weighted by Crippen LogP contribution is 2.42. The summed E-state index contributed by atoms with van der Waals surface area (Å²) in [6, 6.07) is 24.8. The van der Waals surface area contributed by atoms with Gasteiger partial charge in [-0.25, -0.2) is 0 Å². The van der Waals surface area contributed by atoms with Crippen molar-refractivity contribution in [1.82, 2.24) is 0 Å². The van der Waals surface area contributed by atoms with Crippen LogP contribution in [0.3, 0.4) is 0 Å². The molecule has 4 aromatic carbocycles. The van der Waals surface area contributed by atoms with E-state index < -0.39 is 0 Å². The smallest absolute Gasteiger partial charge is 0.143 e. The maximum absolute atomic E-state index is 6.50. The monoisotopic (exact) mass is 438 g/mol. The molecule has 2 fully saturated rings. The standard InChI is InChI=1S/C28H22O5/c1-2-6-22-20(5-1)24-11-17(29-13-18-14-30-18)9-10-21(24)25-12-27(33-28(22)25)23-7-3-4-8-26(23)32-16-19-15-31-19/h1-12,18-19H,13-16H2. The molecule has 2 unspecified atom stereocenters. The Bertz CT molecular complexity index is 1490. The number of para-hydroxylation sites is 1. The van der Waals surface area contributed by atoms with Gasteiger partial charge in [0.1, 0.15) is 48.3 Å². The predicted molar refractivity (Wildman–Crippen MR) is 127 cm³/mol. The van der Waals surface area contributed by atoms with Gasteiger partial charge in [-0.15, -0.1) is 0 Å². The van der Waals surface area contributed by atoms with Crippen LogP contribution >= 0.6 is 0 Å². The first-order chi connectivity index (χ1) is 16.3. The molecular weight excluding hydrogens is 416 g/mol. The average Bonchev–Trinajstić information content (AvgIpc) is 3.80. The SMILES string of the molecule is c1ccc(-c2cc3c4ccc(OCC5CO5)cc4c4ccccc4c3o2)c(OCC2CO2)c1. The zero-order valence-electron chi connectivity index (χ0n) is 18.0. The molecule has 33 heavy (non-hydrogen) atoms. The van der Waals surface area contributed by atoms with Crippen molar-refractivity contribution in [3.8, 4) is 22.8 Å².